The van der Waals surface area contributed by atoms with Crippen LogP contribution in [0.5, 0.6) is 5.75 Å². The third-order valence-electron chi connectivity index (χ3n) is 5.55. The molecule has 1 aliphatic carbocycles. The lowest BCUT2D eigenvalue weighted by molar-refractivity contribution is -0.118. The fourth-order valence-electron chi connectivity index (χ4n) is 4.10. The molecule has 0 heterocycles. The van der Waals surface area contributed by atoms with Gasteiger partial charge in [0.25, 0.3) is 0 Å². The standard InChI is InChI=1S/C22H28ClNO3/c1-24(14-21(26-3)27-4)19-12-10-15-7-5-6-8-17(15)22(19)16-9-11-18(23)20(13-16)25-2/h5-9,11,13,19,21-22H,10,12,14H2,1-4H3/t19-,22+/m0/s1. The molecular formula is C22H28ClNO3. The van der Waals surface area contributed by atoms with Gasteiger partial charge < -0.3 is 14.2 Å². The minimum Gasteiger partial charge on any atom is -0.495 e. The van der Waals surface area contributed by atoms with E-state index in [1.165, 1.54) is 16.7 Å². The molecule has 27 heavy (non-hydrogen) atoms. The molecule has 0 bridgehead atoms. The SMILES string of the molecule is COc1cc([C@@H]2c3ccccc3CC[C@@H]2N(C)CC(OC)OC)ccc1Cl. The number of benzene rings is 2. The maximum atomic E-state index is 6.27. The predicted octanol–water partition coefficient (Wildman–Crippen LogP) is 4.35. The van der Waals surface area contributed by atoms with Crippen LogP contribution in [0.1, 0.15) is 29.0 Å². The van der Waals surface area contributed by atoms with E-state index in [-0.39, 0.29) is 12.2 Å². The highest BCUT2D eigenvalue weighted by Crippen LogP contribution is 2.41. The van der Waals surface area contributed by atoms with Crippen LogP contribution in [0.3, 0.4) is 0 Å². The number of methoxy groups -OCH3 is 3. The Morgan fingerprint density at radius 2 is 1.85 bits per heavy atom. The van der Waals surface area contributed by atoms with Crippen LogP contribution in [0.15, 0.2) is 42.5 Å². The Kier molecular flexibility index (Phi) is 6.77. The van der Waals surface area contributed by atoms with Crippen molar-refractivity contribution in [1.29, 1.82) is 0 Å². The minimum atomic E-state index is -0.243. The second-order valence-corrected chi connectivity index (χ2v) is 7.42. The van der Waals surface area contributed by atoms with Crippen molar-refractivity contribution in [3.8, 4) is 5.75 Å². The highest BCUT2D eigenvalue weighted by Gasteiger charge is 2.34. The molecule has 0 saturated heterocycles. The van der Waals surface area contributed by atoms with Gasteiger partial charge in [0.1, 0.15) is 5.75 Å². The van der Waals surface area contributed by atoms with Crippen LogP contribution in [-0.4, -0.2) is 52.2 Å². The summed E-state index contributed by atoms with van der Waals surface area (Å²) in [4.78, 5) is 2.35. The van der Waals surface area contributed by atoms with E-state index in [2.05, 4.69) is 48.3 Å². The number of hydrogen-bond acceptors (Lipinski definition) is 4. The Hall–Kier alpha value is -1.59. The van der Waals surface area contributed by atoms with Crippen LogP contribution in [0.2, 0.25) is 5.02 Å². The molecule has 0 spiro atoms. The number of halogens is 1. The fourth-order valence-corrected chi connectivity index (χ4v) is 4.30. The normalized spacial score (nSPS) is 19.4. The van der Waals surface area contributed by atoms with Gasteiger partial charge in [-0.3, -0.25) is 4.90 Å². The lowest BCUT2D eigenvalue weighted by Gasteiger charge is -2.40. The lowest BCUT2D eigenvalue weighted by atomic mass is 9.75. The summed E-state index contributed by atoms with van der Waals surface area (Å²) in [5.74, 6) is 0.950. The highest BCUT2D eigenvalue weighted by molar-refractivity contribution is 6.32. The second kappa shape index (κ2) is 9.07. The zero-order chi connectivity index (χ0) is 19.4. The maximum Gasteiger partial charge on any atom is 0.169 e. The molecule has 3 rings (SSSR count). The smallest absolute Gasteiger partial charge is 0.169 e. The Balaban J connectivity index is 2.00. The zero-order valence-corrected chi connectivity index (χ0v) is 17.2. The van der Waals surface area contributed by atoms with Crippen molar-refractivity contribution < 1.29 is 14.2 Å². The number of fused-ring (bicyclic) bond motifs is 1. The van der Waals surface area contributed by atoms with E-state index in [1.54, 1.807) is 21.3 Å². The van der Waals surface area contributed by atoms with Crippen LogP contribution in [-0.2, 0) is 15.9 Å². The molecule has 146 valence electrons. The average Bonchev–Trinajstić information content (AvgIpc) is 2.71. The summed E-state index contributed by atoms with van der Waals surface area (Å²) in [7, 11) is 7.16. The monoisotopic (exact) mass is 389 g/mol. The third-order valence-corrected chi connectivity index (χ3v) is 5.86. The number of rotatable bonds is 7. The molecule has 0 N–H and O–H groups in total. The van der Waals surface area contributed by atoms with Crippen molar-refractivity contribution in [2.75, 3.05) is 34.9 Å². The van der Waals surface area contributed by atoms with Gasteiger partial charge in [0, 0.05) is 32.7 Å². The quantitative estimate of drug-likeness (QED) is 0.659. The Morgan fingerprint density at radius 3 is 2.56 bits per heavy atom. The molecule has 0 fully saturated rings. The Morgan fingerprint density at radius 1 is 1.11 bits per heavy atom. The maximum absolute atomic E-state index is 6.27. The number of nitrogens with zero attached hydrogens (tertiary/aromatic N) is 1. The molecule has 0 aromatic heterocycles. The topological polar surface area (TPSA) is 30.9 Å². The van der Waals surface area contributed by atoms with Gasteiger partial charge in [0.05, 0.1) is 12.1 Å². The summed E-state index contributed by atoms with van der Waals surface area (Å²) in [5.41, 5.74) is 4.00. The molecule has 0 aliphatic heterocycles. The van der Waals surface area contributed by atoms with Gasteiger partial charge in [-0.15, -0.1) is 0 Å². The zero-order valence-electron chi connectivity index (χ0n) is 16.4. The molecule has 0 radical (unpaired) electrons. The molecule has 2 aromatic rings. The van der Waals surface area contributed by atoms with E-state index in [1.807, 2.05) is 6.07 Å². The minimum absolute atomic E-state index is 0.237. The summed E-state index contributed by atoms with van der Waals surface area (Å²) in [5, 5.41) is 0.633. The largest absolute Gasteiger partial charge is 0.495 e. The van der Waals surface area contributed by atoms with Crippen LogP contribution in [0.25, 0.3) is 0 Å². The van der Waals surface area contributed by atoms with Crippen molar-refractivity contribution in [3.63, 3.8) is 0 Å². The first-order valence-electron chi connectivity index (χ1n) is 9.26. The molecular weight excluding hydrogens is 362 g/mol. The highest BCUT2D eigenvalue weighted by atomic mass is 35.5. The summed E-state index contributed by atoms with van der Waals surface area (Å²) in [6.45, 7) is 0.709. The van der Waals surface area contributed by atoms with Crippen LogP contribution in [0, 0.1) is 0 Å². The van der Waals surface area contributed by atoms with Gasteiger partial charge in [0.2, 0.25) is 0 Å². The molecule has 0 unspecified atom stereocenters. The summed E-state index contributed by atoms with van der Waals surface area (Å²) < 4.78 is 16.3. The van der Waals surface area contributed by atoms with Gasteiger partial charge in [-0.25, -0.2) is 0 Å². The van der Waals surface area contributed by atoms with Crippen molar-refractivity contribution in [1.82, 2.24) is 4.90 Å². The van der Waals surface area contributed by atoms with Crippen molar-refractivity contribution in [3.05, 3.63) is 64.2 Å². The number of hydrogen-bond donors (Lipinski definition) is 0. The summed E-state index contributed by atoms with van der Waals surface area (Å²) >= 11 is 6.27. The van der Waals surface area contributed by atoms with E-state index in [0.29, 0.717) is 23.4 Å². The van der Waals surface area contributed by atoms with E-state index < -0.39 is 0 Å². The predicted molar refractivity (Wildman–Crippen MR) is 109 cm³/mol. The first-order chi connectivity index (χ1) is 13.1. The van der Waals surface area contributed by atoms with Crippen molar-refractivity contribution in [2.24, 2.45) is 0 Å². The average molecular weight is 390 g/mol. The van der Waals surface area contributed by atoms with Gasteiger partial charge in [-0.05, 0) is 48.7 Å². The number of likely N-dealkylation sites (N-methyl/N-ethyl adjacent to an activating group) is 1. The van der Waals surface area contributed by atoms with Crippen molar-refractivity contribution >= 4 is 11.6 Å². The first kappa shape index (κ1) is 20.2. The molecule has 0 amide bonds. The third kappa shape index (κ3) is 4.30. The summed E-state index contributed by atoms with van der Waals surface area (Å²) in [6, 6.07) is 15.2. The van der Waals surface area contributed by atoms with Gasteiger partial charge >= 0.3 is 0 Å². The van der Waals surface area contributed by atoms with Gasteiger partial charge in [-0.1, -0.05) is 41.9 Å². The van der Waals surface area contributed by atoms with E-state index in [4.69, 9.17) is 25.8 Å². The molecule has 5 heteroatoms. The van der Waals surface area contributed by atoms with E-state index in [0.717, 1.165) is 12.8 Å². The first-order valence-corrected chi connectivity index (χ1v) is 9.63. The van der Waals surface area contributed by atoms with E-state index in [9.17, 15) is 0 Å². The van der Waals surface area contributed by atoms with Gasteiger partial charge in [0.15, 0.2) is 6.29 Å². The van der Waals surface area contributed by atoms with Crippen LogP contribution in [0.4, 0.5) is 0 Å². The fraction of sp³-hybridized carbons (Fsp3) is 0.455. The molecule has 0 saturated carbocycles. The lowest BCUT2D eigenvalue weighted by Crippen LogP contribution is -2.44. The molecule has 2 atom stereocenters. The molecule has 4 nitrogen and oxygen atoms in total. The van der Waals surface area contributed by atoms with Crippen LogP contribution < -0.4 is 4.74 Å². The Labute approximate surface area is 167 Å². The summed E-state index contributed by atoms with van der Waals surface area (Å²) in [6.07, 6.45) is 1.90. The molecule has 2 aromatic carbocycles. The van der Waals surface area contributed by atoms with Gasteiger partial charge in [-0.2, -0.15) is 0 Å². The number of aryl methyl sites for hydroxylation is 1. The van der Waals surface area contributed by atoms with Crippen LogP contribution >= 0.6 is 11.6 Å². The molecule has 1 aliphatic rings. The second-order valence-electron chi connectivity index (χ2n) is 7.02. The Bertz CT molecular complexity index is 763. The van der Waals surface area contributed by atoms with E-state index >= 15 is 0 Å². The number of ether oxygens (including phenoxy) is 3. The van der Waals surface area contributed by atoms with Crippen molar-refractivity contribution in [2.45, 2.75) is 31.1 Å².